The minimum absolute atomic E-state index is 0.187. The Morgan fingerprint density at radius 3 is 2.59 bits per heavy atom. The molecule has 2 rings (SSSR count). The third kappa shape index (κ3) is 5.88. The second kappa shape index (κ2) is 9.19. The molecule has 2 aromatic heterocycles. The molecule has 0 aliphatic heterocycles. The molecule has 0 aliphatic rings. The van der Waals surface area contributed by atoms with E-state index < -0.39 is 11.8 Å². The van der Waals surface area contributed by atoms with Crippen molar-refractivity contribution in [1.29, 1.82) is 0 Å². The fourth-order valence-electron chi connectivity index (χ4n) is 2.93. The number of nitrogens with zero attached hydrogens (tertiary/aromatic N) is 4. The maximum atomic E-state index is 14.2. The summed E-state index contributed by atoms with van der Waals surface area (Å²) in [5, 5.41) is 9.82. The molecule has 2 aromatic rings. The monoisotopic (exact) mass is 399 g/mol. The maximum absolute atomic E-state index is 14.2. The van der Waals surface area contributed by atoms with Crippen LogP contribution in [0.3, 0.4) is 0 Å². The summed E-state index contributed by atoms with van der Waals surface area (Å²) in [5.74, 6) is 6.21. The highest BCUT2D eigenvalue weighted by Crippen LogP contribution is 2.26. The summed E-state index contributed by atoms with van der Waals surface area (Å²) in [5.41, 5.74) is 6.53. The Hall–Kier alpha value is -2.72. The lowest BCUT2D eigenvalue weighted by Gasteiger charge is -2.17. The number of hydrogen-bond acceptors (Lipinski definition) is 5. The van der Waals surface area contributed by atoms with E-state index in [0.717, 1.165) is 6.42 Å². The first-order valence-electron chi connectivity index (χ1n) is 9.78. The molecular weight excluding hydrogens is 369 g/mol. The van der Waals surface area contributed by atoms with Crippen molar-refractivity contribution in [2.75, 3.05) is 5.73 Å². The molecule has 0 amide bonds. The molecule has 2 atom stereocenters. The molecule has 29 heavy (non-hydrogen) atoms. The van der Waals surface area contributed by atoms with E-state index in [1.54, 1.807) is 25.3 Å². The van der Waals surface area contributed by atoms with Crippen LogP contribution >= 0.6 is 0 Å². The molecule has 0 aliphatic carbocycles. The first-order chi connectivity index (χ1) is 13.5. The first kappa shape index (κ1) is 22.6. The molecule has 6 nitrogen and oxygen atoms in total. The van der Waals surface area contributed by atoms with Crippen molar-refractivity contribution < 1.29 is 9.50 Å². The van der Waals surface area contributed by atoms with E-state index in [0.29, 0.717) is 35.5 Å². The summed E-state index contributed by atoms with van der Waals surface area (Å²) in [6.07, 6.45) is 5.00. The van der Waals surface area contributed by atoms with Crippen LogP contribution in [0, 0.1) is 17.8 Å². The molecule has 156 valence electrons. The Bertz CT molecular complexity index is 973. The van der Waals surface area contributed by atoms with Crippen molar-refractivity contribution in [2.45, 2.75) is 65.7 Å². The normalized spacial score (nSPS) is 14.0. The molecule has 0 saturated heterocycles. The fourth-order valence-corrected chi connectivity index (χ4v) is 2.93. The van der Waals surface area contributed by atoms with Gasteiger partial charge in [0.15, 0.2) is 17.0 Å². The molecule has 0 fully saturated rings. The topological polar surface area (TPSA) is 89.9 Å². The van der Waals surface area contributed by atoms with Gasteiger partial charge in [-0.25, -0.2) is 19.3 Å². The van der Waals surface area contributed by atoms with Gasteiger partial charge in [0.05, 0.1) is 0 Å². The van der Waals surface area contributed by atoms with Gasteiger partial charge >= 0.3 is 0 Å². The number of halogens is 1. The summed E-state index contributed by atoms with van der Waals surface area (Å²) in [6.45, 7) is 12.6. The molecular formula is C22H30FN5O. The quantitative estimate of drug-likeness (QED) is 0.544. The summed E-state index contributed by atoms with van der Waals surface area (Å²) in [4.78, 5) is 13.2. The molecule has 0 bridgehead atoms. The molecule has 0 unspecified atom stereocenters. The number of rotatable bonds is 7. The number of aliphatic hydroxyl groups is 1. The number of fused-ring (bicyclic) bond motifs is 1. The van der Waals surface area contributed by atoms with Crippen molar-refractivity contribution in [3.8, 4) is 11.8 Å². The highest BCUT2D eigenvalue weighted by molar-refractivity contribution is 5.85. The third-order valence-electron chi connectivity index (χ3n) is 4.40. The van der Waals surface area contributed by atoms with Crippen LogP contribution in [0.25, 0.3) is 16.9 Å². The van der Waals surface area contributed by atoms with E-state index in [2.05, 4.69) is 33.4 Å². The second-order valence-electron chi connectivity index (χ2n) is 7.77. The van der Waals surface area contributed by atoms with Gasteiger partial charge in [-0.15, -0.1) is 0 Å². The minimum Gasteiger partial charge on any atom is -0.382 e. The lowest BCUT2D eigenvalue weighted by atomic mass is 9.96. The molecule has 0 radical (unpaired) electrons. The van der Waals surface area contributed by atoms with Gasteiger partial charge in [-0.2, -0.15) is 0 Å². The van der Waals surface area contributed by atoms with Crippen LogP contribution in [0.5, 0.6) is 0 Å². The van der Waals surface area contributed by atoms with Crippen LogP contribution in [-0.4, -0.2) is 36.4 Å². The first-order valence-corrected chi connectivity index (χ1v) is 9.78. The van der Waals surface area contributed by atoms with Crippen LogP contribution in [0.4, 0.5) is 10.2 Å². The van der Waals surface area contributed by atoms with Crippen molar-refractivity contribution in [2.24, 2.45) is 5.92 Å². The van der Waals surface area contributed by atoms with E-state index in [1.165, 1.54) is 0 Å². The van der Waals surface area contributed by atoms with Crippen LogP contribution in [0.2, 0.25) is 0 Å². The Kier molecular flexibility index (Phi) is 7.15. The van der Waals surface area contributed by atoms with Gasteiger partial charge < -0.3 is 10.8 Å². The molecule has 3 N–H and O–H groups in total. The zero-order chi connectivity index (χ0) is 21.8. The molecule has 0 spiro atoms. The number of nitrogens with two attached hydrogens (primary N) is 1. The van der Waals surface area contributed by atoms with Crippen molar-refractivity contribution in [1.82, 2.24) is 19.5 Å². The van der Waals surface area contributed by atoms with Crippen molar-refractivity contribution >= 4 is 22.7 Å². The van der Waals surface area contributed by atoms with Gasteiger partial charge in [-0.1, -0.05) is 31.6 Å². The molecule has 2 heterocycles. The highest BCUT2D eigenvalue weighted by atomic mass is 19.1. The summed E-state index contributed by atoms with van der Waals surface area (Å²) < 4.78 is 16.0. The number of nitrogen functional groups attached to an aromatic ring is 1. The lowest BCUT2D eigenvalue weighted by Crippen LogP contribution is -2.17. The number of imidazole rings is 1. The average Bonchev–Trinajstić information content (AvgIpc) is 2.97. The van der Waals surface area contributed by atoms with Crippen LogP contribution in [-0.2, 0) is 6.42 Å². The Labute approximate surface area is 171 Å². The maximum Gasteiger partial charge on any atom is 0.209 e. The molecule has 7 heteroatoms. The SMILES string of the molecule is C=C(C)n1c(C[C@H](C/C=C\CC)[C@H](C)F)nc2c(N)nc(C#CC(C)(C)O)nc21. The third-order valence-corrected chi connectivity index (χ3v) is 4.40. The Morgan fingerprint density at radius 2 is 2.03 bits per heavy atom. The Morgan fingerprint density at radius 1 is 1.34 bits per heavy atom. The van der Waals surface area contributed by atoms with E-state index in [1.807, 2.05) is 26.0 Å². The predicted molar refractivity (Wildman–Crippen MR) is 116 cm³/mol. The highest BCUT2D eigenvalue weighted by Gasteiger charge is 2.23. The van der Waals surface area contributed by atoms with E-state index in [9.17, 15) is 9.50 Å². The number of allylic oxidation sites excluding steroid dienone is 3. The largest absolute Gasteiger partial charge is 0.382 e. The van der Waals surface area contributed by atoms with Gasteiger partial charge in [0.2, 0.25) is 5.82 Å². The van der Waals surface area contributed by atoms with Gasteiger partial charge in [-0.3, -0.25) is 4.57 Å². The number of aromatic nitrogens is 4. The van der Waals surface area contributed by atoms with Crippen LogP contribution in [0.1, 0.15) is 59.1 Å². The summed E-state index contributed by atoms with van der Waals surface area (Å²) >= 11 is 0. The van der Waals surface area contributed by atoms with Gasteiger partial charge in [0, 0.05) is 18.0 Å². The smallest absolute Gasteiger partial charge is 0.209 e. The zero-order valence-corrected chi connectivity index (χ0v) is 17.8. The van der Waals surface area contributed by atoms with Gasteiger partial charge in [0.1, 0.15) is 17.6 Å². The van der Waals surface area contributed by atoms with Crippen molar-refractivity contribution in [3.63, 3.8) is 0 Å². The summed E-state index contributed by atoms with van der Waals surface area (Å²) in [7, 11) is 0. The summed E-state index contributed by atoms with van der Waals surface area (Å²) in [6, 6.07) is 0. The predicted octanol–water partition coefficient (Wildman–Crippen LogP) is 3.89. The fraction of sp³-hybridized carbons (Fsp3) is 0.500. The average molecular weight is 400 g/mol. The van der Waals surface area contributed by atoms with E-state index in [-0.39, 0.29) is 17.6 Å². The van der Waals surface area contributed by atoms with Crippen molar-refractivity contribution in [3.05, 3.63) is 30.4 Å². The minimum atomic E-state index is -1.18. The molecule has 0 saturated carbocycles. The van der Waals surface area contributed by atoms with Gasteiger partial charge in [-0.05, 0) is 46.5 Å². The second-order valence-corrected chi connectivity index (χ2v) is 7.77. The zero-order valence-electron chi connectivity index (χ0n) is 17.8. The number of hydrogen-bond donors (Lipinski definition) is 2. The number of anilines is 1. The number of alkyl halides is 1. The molecule has 0 aromatic carbocycles. The van der Waals surface area contributed by atoms with Crippen LogP contribution in [0.15, 0.2) is 18.7 Å². The van der Waals surface area contributed by atoms with E-state index in [4.69, 9.17) is 5.73 Å². The van der Waals surface area contributed by atoms with E-state index >= 15 is 0 Å². The standard InChI is InChI=1S/C22H30FN5O/c1-7-8-9-10-16(15(4)23)13-18-27-19-20(24)25-17(11-12-22(5,6)29)26-21(19)28(18)14(2)3/h8-9,15-16,29H,2,7,10,13H2,1,3-6H3,(H2,24,25,26)/b9-8-/t15-,16-/m0/s1. The lowest BCUT2D eigenvalue weighted by molar-refractivity contribution is 0.143. The van der Waals surface area contributed by atoms with Crippen LogP contribution < -0.4 is 5.73 Å². The Balaban J connectivity index is 2.54. The van der Waals surface area contributed by atoms with Gasteiger partial charge in [0.25, 0.3) is 0 Å².